The zero-order valence-electron chi connectivity index (χ0n) is 14.5. The number of carbonyl (C=O) groups is 1. The number of nitrogens with two attached hydrogens (primary N) is 1. The van der Waals surface area contributed by atoms with Crippen molar-refractivity contribution in [1.82, 2.24) is 9.71 Å². The first kappa shape index (κ1) is 21.2. The highest BCUT2D eigenvalue weighted by Crippen LogP contribution is 2.28. The van der Waals surface area contributed by atoms with E-state index in [1.807, 2.05) is 6.07 Å². The monoisotopic (exact) mass is 501 g/mol. The summed E-state index contributed by atoms with van der Waals surface area (Å²) in [6.07, 6.45) is 0.541. The van der Waals surface area contributed by atoms with Crippen LogP contribution < -0.4 is 10.5 Å². The van der Waals surface area contributed by atoms with Gasteiger partial charge < -0.3 is 10.7 Å². The van der Waals surface area contributed by atoms with Crippen molar-refractivity contribution >= 4 is 66.1 Å². The molecule has 4 N–H and O–H groups in total. The standard InChI is InChI=1S/C18H17BrClN3O3S2/c19-11-2-7-15-14(10-11)17(16(23-15)18(21)24)28(26)22-8-1-9-27(25)13-5-3-12(20)4-6-13/h2-7,10,22-23H,1,8-9H2,(H2,21,24). The Bertz CT molecular complexity index is 1070. The first-order chi connectivity index (χ1) is 13.4. The third-order valence-corrected chi connectivity index (χ3v) is 7.42. The molecule has 1 aromatic heterocycles. The molecule has 3 aromatic rings. The van der Waals surface area contributed by atoms with Crippen molar-refractivity contribution in [3.63, 3.8) is 0 Å². The Labute approximate surface area is 180 Å². The summed E-state index contributed by atoms with van der Waals surface area (Å²) >= 11 is 9.21. The average Bonchev–Trinajstić information content (AvgIpc) is 3.04. The SMILES string of the molecule is NC(=O)c1[nH]c2ccc(Br)cc2c1S(=O)NCCCS(=O)c1ccc(Cl)cc1. The van der Waals surface area contributed by atoms with E-state index < -0.39 is 27.7 Å². The molecule has 0 radical (unpaired) electrons. The van der Waals surface area contributed by atoms with E-state index in [0.29, 0.717) is 44.4 Å². The molecule has 6 nitrogen and oxygen atoms in total. The number of benzene rings is 2. The maximum Gasteiger partial charge on any atom is 0.266 e. The predicted octanol–water partition coefficient (Wildman–Crippen LogP) is 3.49. The highest BCUT2D eigenvalue weighted by atomic mass is 79.9. The Morgan fingerprint density at radius 3 is 2.57 bits per heavy atom. The topological polar surface area (TPSA) is 105 Å². The molecular formula is C18H17BrClN3O3S2. The molecule has 0 bridgehead atoms. The fraction of sp³-hybridized carbons (Fsp3) is 0.167. The maximum atomic E-state index is 12.8. The van der Waals surface area contributed by atoms with Crippen molar-refractivity contribution < 1.29 is 13.2 Å². The first-order valence-electron chi connectivity index (χ1n) is 8.27. The second-order valence-electron chi connectivity index (χ2n) is 5.90. The van der Waals surface area contributed by atoms with Crippen LogP contribution in [-0.4, -0.2) is 31.6 Å². The van der Waals surface area contributed by atoms with Crippen molar-refractivity contribution in [2.75, 3.05) is 12.3 Å². The predicted molar refractivity (Wildman–Crippen MR) is 116 cm³/mol. The van der Waals surface area contributed by atoms with Gasteiger partial charge in [0, 0.05) is 37.6 Å². The average molecular weight is 503 g/mol. The Kier molecular flexibility index (Phi) is 7.05. The number of H-pyrrole nitrogens is 1. The van der Waals surface area contributed by atoms with Gasteiger partial charge in [-0.2, -0.15) is 0 Å². The molecule has 0 aliphatic carbocycles. The highest BCUT2D eigenvalue weighted by molar-refractivity contribution is 9.10. The summed E-state index contributed by atoms with van der Waals surface area (Å²) in [7, 11) is -2.81. The van der Waals surface area contributed by atoms with E-state index in [4.69, 9.17) is 17.3 Å². The summed E-state index contributed by atoms with van der Waals surface area (Å²) in [6, 6.07) is 12.2. The number of nitrogens with one attached hydrogen (secondary N) is 2. The number of hydrogen-bond donors (Lipinski definition) is 3. The van der Waals surface area contributed by atoms with Crippen molar-refractivity contribution in [1.29, 1.82) is 0 Å². The Hall–Kier alpha value is -1.52. The van der Waals surface area contributed by atoms with Crippen LogP contribution in [0.1, 0.15) is 16.9 Å². The summed E-state index contributed by atoms with van der Waals surface area (Å²) < 4.78 is 28.7. The molecule has 0 aliphatic rings. The minimum absolute atomic E-state index is 0.115. The third kappa shape index (κ3) is 4.90. The fourth-order valence-electron chi connectivity index (χ4n) is 2.65. The van der Waals surface area contributed by atoms with Gasteiger partial charge in [-0.15, -0.1) is 0 Å². The molecule has 10 heteroatoms. The second kappa shape index (κ2) is 9.32. The molecule has 28 heavy (non-hydrogen) atoms. The third-order valence-electron chi connectivity index (χ3n) is 3.96. The summed E-state index contributed by atoms with van der Waals surface area (Å²) in [5.74, 6) is -0.269. The number of carbonyl (C=O) groups excluding carboxylic acids is 1. The molecule has 0 saturated heterocycles. The smallest absolute Gasteiger partial charge is 0.266 e. The molecule has 1 amide bonds. The Balaban J connectivity index is 1.66. The number of hydrogen-bond acceptors (Lipinski definition) is 3. The van der Waals surface area contributed by atoms with Crippen LogP contribution in [0.3, 0.4) is 0 Å². The number of amides is 1. The van der Waals surface area contributed by atoms with Crippen molar-refractivity contribution in [2.24, 2.45) is 5.73 Å². The van der Waals surface area contributed by atoms with Crippen LogP contribution in [0.4, 0.5) is 0 Å². The molecule has 0 saturated carbocycles. The molecule has 0 spiro atoms. The zero-order valence-corrected chi connectivity index (χ0v) is 18.5. The number of primary amides is 1. The van der Waals surface area contributed by atoms with Gasteiger partial charge in [-0.25, -0.2) is 8.93 Å². The molecular weight excluding hydrogens is 486 g/mol. The lowest BCUT2D eigenvalue weighted by atomic mass is 10.2. The first-order valence-corrected chi connectivity index (χ1v) is 11.9. The van der Waals surface area contributed by atoms with Gasteiger partial charge in [0.15, 0.2) is 0 Å². The van der Waals surface area contributed by atoms with Gasteiger partial charge in [-0.3, -0.25) is 9.00 Å². The lowest BCUT2D eigenvalue weighted by molar-refractivity contribution is 0.0993. The van der Waals surface area contributed by atoms with Crippen LogP contribution in [0.15, 0.2) is 56.7 Å². The minimum atomic E-state index is -1.65. The van der Waals surface area contributed by atoms with Crippen molar-refractivity contribution in [3.05, 3.63) is 57.7 Å². The van der Waals surface area contributed by atoms with E-state index in [2.05, 4.69) is 25.6 Å². The van der Waals surface area contributed by atoms with Crippen LogP contribution in [0, 0.1) is 0 Å². The van der Waals surface area contributed by atoms with Gasteiger partial charge in [0.2, 0.25) is 0 Å². The lowest BCUT2D eigenvalue weighted by Gasteiger charge is -2.06. The number of aromatic nitrogens is 1. The molecule has 2 unspecified atom stereocenters. The van der Waals surface area contributed by atoms with Crippen LogP contribution in [0.2, 0.25) is 5.02 Å². The number of halogens is 2. The Morgan fingerprint density at radius 1 is 1.18 bits per heavy atom. The normalized spacial score (nSPS) is 13.5. The summed E-state index contributed by atoms with van der Waals surface area (Å²) in [5.41, 5.74) is 6.22. The zero-order chi connectivity index (χ0) is 20.3. The summed E-state index contributed by atoms with van der Waals surface area (Å²) in [6.45, 7) is 0.366. The molecule has 1 heterocycles. The maximum absolute atomic E-state index is 12.8. The van der Waals surface area contributed by atoms with Crippen LogP contribution in [0.5, 0.6) is 0 Å². The van der Waals surface area contributed by atoms with E-state index in [9.17, 15) is 13.2 Å². The molecule has 3 rings (SSSR count). The van der Waals surface area contributed by atoms with E-state index in [-0.39, 0.29) is 5.69 Å². The van der Waals surface area contributed by atoms with Gasteiger partial charge >= 0.3 is 0 Å². The molecule has 0 aliphatic heterocycles. The van der Waals surface area contributed by atoms with E-state index in [1.54, 1.807) is 36.4 Å². The fourth-order valence-corrected chi connectivity index (χ4v) is 5.40. The number of aromatic amines is 1. The van der Waals surface area contributed by atoms with Gasteiger partial charge in [-0.05, 0) is 48.9 Å². The molecule has 148 valence electrons. The van der Waals surface area contributed by atoms with E-state index >= 15 is 0 Å². The summed E-state index contributed by atoms with van der Waals surface area (Å²) in [5, 5.41) is 1.24. The van der Waals surface area contributed by atoms with E-state index in [1.165, 1.54) is 0 Å². The minimum Gasteiger partial charge on any atom is -0.364 e. The van der Waals surface area contributed by atoms with Gasteiger partial charge in [0.05, 0.1) is 15.7 Å². The highest BCUT2D eigenvalue weighted by Gasteiger charge is 2.21. The van der Waals surface area contributed by atoms with Crippen LogP contribution in [0.25, 0.3) is 10.9 Å². The van der Waals surface area contributed by atoms with Crippen molar-refractivity contribution in [3.8, 4) is 0 Å². The van der Waals surface area contributed by atoms with Crippen molar-refractivity contribution in [2.45, 2.75) is 16.2 Å². The quantitative estimate of drug-likeness (QED) is 0.411. The largest absolute Gasteiger partial charge is 0.364 e. The molecule has 0 fully saturated rings. The van der Waals surface area contributed by atoms with Gasteiger partial charge in [0.25, 0.3) is 5.91 Å². The summed E-state index contributed by atoms with van der Waals surface area (Å²) in [4.78, 5) is 15.7. The number of fused-ring (bicyclic) bond motifs is 1. The Morgan fingerprint density at radius 2 is 1.89 bits per heavy atom. The van der Waals surface area contributed by atoms with Gasteiger partial charge in [0.1, 0.15) is 16.7 Å². The lowest BCUT2D eigenvalue weighted by Crippen LogP contribution is -2.23. The second-order valence-corrected chi connectivity index (χ2v) is 10.1. The molecule has 2 aromatic carbocycles. The van der Waals surface area contributed by atoms with E-state index in [0.717, 1.165) is 4.47 Å². The van der Waals surface area contributed by atoms with Crippen LogP contribution >= 0.6 is 27.5 Å². The van der Waals surface area contributed by atoms with Gasteiger partial charge in [-0.1, -0.05) is 27.5 Å². The number of rotatable bonds is 8. The molecule has 2 atom stereocenters. The van der Waals surface area contributed by atoms with Crippen LogP contribution in [-0.2, 0) is 21.8 Å².